The van der Waals surface area contributed by atoms with Gasteiger partial charge in [0.15, 0.2) is 5.82 Å². The molecule has 0 saturated heterocycles. The van der Waals surface area contributed by atoms with Crippen LogP contribution in [0.2, 0.25) is 0 Å². The number of nitrogens with one attached hydrogen (secondary N) is 1. The second-order valence-electron chi connectivity index (χ2n) is 4.96. The predicted octanol–water partition coefficient (Wildman–Crippen LogP) is 3.48. The molecular formula is C17H17N3O. The standard InChI is InChI=1S/C17H17N3O/c21-17(13-14-7-3-1-4-8-14)18-16-11-12-20(19-16)15-9-5-2-6-10-15/h2-3,5-12H,1,4,13H2,(H,18,19,21). The van der Waals surface area contributed by atoms with Crippen LogP contribution in [0.4, 0.5) is 5.82 Å². The minimum atomic E-state index is -0.0360. The fraction of sp³-hybridized carbons (Fsp3) is 0.176. The molecule has 0 bridgehead atoms. The Balaban J connectivity index is 1.63. The number of aromatic nitrogens is 2. The van der Waals surface area contributed by atoms with E-state index in [4.69, 9.17) is 0 Å². The van der Waals surface area contributed by atoms with Crippen molar-refractivity contribution in [2.45, 2.75) is 19.3 Å². The smallest absolute Gasteiger partial charge is 0.229 e. The third-order valence-electron chi connectivity index (χ3n) is 3.31. The van der Waals surface area contributed by atoms with Crippen LogP contribution in [0.15, 0.2) is 66.4 Å². The van der Waals surface area contributed by atoms with Crippen molar-refractivity contribution in [2.24, 2.45) is 0 Å². The summed E-state index contributed by atoms with van der Waals surface area (Å²) in [6.45, 7) is 0. The molecule has 0 fully saturated rings. The molecule has 0 unspecified atom stereocenters. The molecule has 1 heterocycles. The number of allylic oxidation sites excluding steroid dienone is 3. The van der Waals surface area contributed by atoms with E-state index >= 15 is 0 Å². The van der Waals surface area contributed by atoms with Crippen LogP contribution in [0.1, 0.15) is 19.3 Å². The lowest BCUT2D eigenvalue weighted by Crippen LogP contribution is -2.13. The normalized spacial score (nSPS) is 13.8. The highest BCUT2D eigenvalue weighted by atomic mass is 16.1. The van der Waals surface area contributed by atoms with Crippen LogP contribution in [0, 0.1) is 0 Å². The van der Waals surface area contributed by atoms with Crippen molar-refractivity contribution < 1.29 is 4.79 Å². The van der Waals surface area contributed by atoms with E-state index in [1.165, 1.54) is 0 Å². The van der Waals surface area contributed by atoms with Crippen molar-refractivity contribution in [3.8, 4) is 5.69 Å². The van der Waals surface area contributed by atoms with E-state index in [0.29, 0.717) is 12.2 Å². The Bertz CT molecular complexity index is 683. The molecule has 1 aromatic carbocycles. The Kier molecular flexibility index (Phi) is 3.96. The zero-order valence-electron chi connectivity index (χ0n) is 11.7. The van der Waals surface area contributed by atoms with Gasteiger partial charge in [-0.05, 0) is 30.5 Å². The van der Waals surface area contributed by atoms with Gasteiger partial charge in [-0.1, -0.05) is 36.4 Å². The summed E-state index contributed by atoms with van der Waals surface area (Å²) in [6, 6.07) is 11.6. The lowest BCUT2D eigenvalue weighted by molar-refractivity contribution is -0.115. The largest absolute Gasteiger partial charge is 0.309 e. The van der Waals surface area contributed by atoms with Gasteiger partial charge in [-0.25, -0.2) is 4.68 Å². The number of para-hydroxylation sites is 1. The van der Waals surface area contributed by atoms with Gasteiger partial charge in [0, 0.05) is 12.3 Å². The van der Waals surface area contributed by atoms with Crippen LogP contribution in [-0.4, -0.2) is 15.7 Å². The van der Waals surface area contributed by atoms with Crippen LogP contribution in [0.3, 0.4) is 0 Å². The summed E-state index contributed by atoms with van der Waals surface area (Å²) < 4.78 is 1.75. The highest BCUT2D eigenvalue weighted by Crippen LogP contribution is 2.15. The molecular weight excluding hydrogens is 262 g/mol. The number of amides is 1. The van der Waals surface area contributed by atoms with Crippen LogP contribution >= 0.6 is 0 Å². The summed E-state index contributed by atoms with van der Waals surface area (Å²) >= 11 is 0. The first kappa shape index (κ1) is 13.4. The average Bonchev–Trinajstić information content (AvgIpc) is 2.97. The third kappa shape index (κ3) is 3.48. The molecule has 0 aliphatic heterocycles. The number of rotatable bonds is 4. The van der Waals surface area contributed by atoms with Gasteiger partial charge in [0.2, 0.25) is 5.91 Å². The van der Waals surface area contributed by atoms with E-state index < -0.39 is 0 Å². The first-order valence-electron chi connectivity index (χ1n) is 7.08. The molecule has 1 aliphatic carbocycles. The van der Waals surface area contributed by atoms with Crippen molar-refractivity contribution in [2.75, 3.05) is 5.32 Å². The van der Waals surface area contributed by atoms with Gasteiger partial charge in [-0.15, -0.1) is 0 Å². The molecule has 106 valence electrons. The molecule has 0 atom stereocenters. The molecule has 4 nitrogen and oxygen atoms in total. The number of benzene rings is 1. The molecule has 3 rings (SSSR count). The van der Waals surface area contributed by atoms with Crippen LogP contribution in [0.5, 0.6) is 0 Å². The fourth-order valence-electron chi connectivity index (χ4n) is 2.29. The van der Waals surface area contributed by atoms with Crippen LogP contribution < -0.4 is 5.32 Å². The van der Waals surface area contributed by atoms with Gasteiger partial charge in [0.05, 0.1) is 12.1 Å². The monoisotopic (exact) mass is 279 g/mol. The van der Waals surface area contributed by atoms with Gasteiger partial charge >= 0.3 is 0 Å². The lowest BCUT2D eigenvalue weighted by atomic mass is 10.0. The summed E-state index contributed by atoms with van der Waals surface area (Å²) in [4.78, 5) is 12.0. The molecule has 0 radical (unpaired) electrons. The first-order valence-corrected chi connectivity index (χ1v) is 7.08. The van der Waals surface area contributed by atoms with Gasteiger partial charge in [-0.2, -0.15) is 5.10 Å². The Morgan fingerprint density at radius 2 is 2.05 bits per heavy atom. The zero-order valence-corrected chi connectivity index (χ0v) is 11.7. The quantitative estimate of drug-likeness (QED) is 0.931. The number of carbonyl (C=O) groups excluding carboxylic acids is 1. The van der Waals surface area contributed by atoms with E-state index in [1.54, 1.807) is 10.7 Å². The van der Waals surface area contributed by atoms with Crippen molar-refractivity contribution >= 4 is 11.7 Å². The second-order valence-corrected chi connectivity index (χ2v) is 4.96. The Morgan fingerprint density at radius 1 is 1.19 bits per heavy atom. The Hall–Kier alpha value is -2.62. The summed E-state index contributed by atoms with van der Waals surface area (Å²) in [6.07, 6.45) is 10.5. The molecule has 21 heavy (non-hydrogen) atoms. The van der Waals surface area contributed by atoms with E-state index in [9.17, 15) is 4.79 Å². The molecule has 0 saturated carbocycles. The average molecular weight is 279 g/mol. The number of hydrogen-bond donors (Lipinski definition) is 1. The van der Waals surface area contributed by atoms with Crippen LogP contribution in [-0.2, 0) is 4.79 Å². The molecule has 1 aromatic heterocycles. The maximum Gasteiger partial charge on any atom is 0.229 e. The summed E-state index contributed by atoms with van der Waals surface area (Å²) in [5.41, 5.74) is 2.04. The number of nitrogens with zero attached hydrogens (tertiary/aromatic N) is 2. The van der Waals surface area contributed by atoms with Crippen molar-refractivity contribution in [1.29, 1.82) is 0 Å². The topological polar surface area (TPSA) is 46.9 Å². The first-order chi connectivity index (χ1) is 10.3. The molecule has 4 heteroatoms. The molecule has 2 aromatic rings. The maximum absolute atomic E-state index is 12.0. The van der Waals surface area contributed by atoms with Crippen LogP contribution in [0.25, 0.3) is 5.69 Å². The number of carbonyl (C=O) groups is 1. The Morgan fingerprint density at radius 3 is 2.81 bits per heavy atom. The number of anilines is 1. The van der Waals surface area contributed by atoms with E-state index in [-0.39, 0.29) is 5.91 Å². The second kappa shape index (κ2) is 6.22. The summed E-state index contributed by atoms with van der Waals surface area (Å²) in [7, 11) is 0. The fourth-order valence-corrected chi connectivity index (χ4v) is 2.29. The molecule has 0 spiro atoms. The molecule has 1 aliphatic rings. The highest BCUT2D eigenvalue weighted by Gasteiger charge is 2.08. The maximum atomic E-state index is 12.0. The van der Waals surface area contributed by atoms with Crippen molar-refractivity contribution in [3.63, 3.8) is 0 Å². The highest BCUT2D eigenvalue weighted by molar-refractivity contribution is 5.91. The molecule has 1 N–H and O–H groups in total. The summed E-state index contributed by atoms with van der Waals surface area (Å²) in [5, 5.41) is 7.19. The SMILES string of the molecule is O=C(CC1=CCCC=C1)Nc1ccn(-c2ccccc2)n1. The van der Waals surface area contributed by atoms with E-state index in [1.807, 2.05) is 42.6 Å². The van der Waals surface area contributed by atoms with Gasteiger partial charge in [-0.3, -0.25) is 4.79 Å². The number of hydrogen-bond acceptors (Lipinski definition) is 2. The van der Waals surface area contributed by atoms with Gasteiger partial charge < -0.3 is 5.32 Å². The van der Waals surface area contributed by atoms with E-state index in [2.05, 4.69) is 22.6 Å². The van der Waals surface area contributed by atoms with Crippen molar-refractivity contribution in [1.82, 2.24) is 9.78 Å². The predicted molar refractivity (Wildman–Crippen MR) is 83.3 cm³/mol. The lowest BCUT2D eigenvalue weighted by Gasteiger charge is -2.06. The summed E-state index contributed by atoms with van der Waals surface area (Å²) in [5.74, 6) is 0.537. The van der Waals surface area contributed by atoms with Gasteiger partial charge in [0.25, 0.3) is 0 Å². The van der Waals surface area contributed by atoms with Crippen molar-refractivity contribution in [3.05, 3.63) is 66.4 Å². The van der Waals surface area contributed by atoms with Gasteiger partial charge in [0.1, 0.15) is 0 Å². The zero-order chi connectivity index (χ0) is 14.5. The Labute approximate surface area is 123 Å². The van der Waals surface area contributed by atoms with E-state index in [0.717, 1.165) is 24.1 Å². The third-order valence-corrected chi connectivity index (χ3v) is 3.31. The minimum absolute atomic E-state index is 0.0360. The molecule has 1 amide bonds. The minimum Gasteiger partial charge on any atom is -0.309 e.